The number of rotatable bonds is 4. The third-order valence-corrected chi connectivity index (χ3v) is 4.51. The summed E-state index contributed by atoms with van der Waals surface area (Å²) in [6, 6.07) is 11.5. The number of hydrogen-bond acceptors (Lipinski definition) is 5. The molecule has 114 valence electrons. The van der Waals surface area contributed by atoms with E-state index >= 15 is 0 Å². The second-order valence-electron chi connectivity index (χ2n) is 4.81. The van der Waals surface area contributed by atoms with Crippen LogP contribution < -0.4 is 4.72 Å². The molecule has 0 bridgehead atoms. The summed E-state index contributed by atoms with van der Waals surface area (Å²) in [6.45, 7) is 3.64. The topological polar surface area (TPSA) is 85.3 Å². The van der Waals surface area contributed by atoms with Crippen molar-refractivity contribution in [1.82, 2.24) is 5.16 Å². The molecule has 3 aromatic rings. The minimum absolute atomic E-state index is 0.181. The van der Waals surface area contributed by atoms with Crippen LogP contribution in [-0.4, -0.2) is 13.6 Å². The van der Waals surface area contributed by atoms with Crippen LogP contribution in [-0.2, 0) is 10.0 Å². The average molecular weight is 318 g/mol. The highest BCUT2D eigenvalue weighted by molar-refractivity contribution is 7.92. The van der Waals surface area contributed by atoms with Crippen molar-refractivity contribution in [3.05, 3.63) is 53.7 Å². The summed E-state index contributed by atoms with van der Waals surface area (Å²) in [5.41, 5.74) is 2.01. The Morgan fingerprint density at radius 2 is 1.77 bits per heavy atom. The molecule has 1 aromatic carbocycles. The van der Waals surface area contributed by atoms with Crippen molar-refractivity contribution in [2.75, 3.05) is 4.72 Å². The van der Waals surface area contributed by atoms with E-state index in [9.17, 15) is 8.42 Å². The number of furan rings is 1. The second-order valence-corrected chi connectivity index (χ2v) is 6.43. The number of nitrogens with zero attached hydrogens (tertiary/aromatic N) is 1. The van der Waals surface area contributed by atoms with Crippen LogP contribution in [0.15, 0.2) is 56.5 Å². The van der Waals surface area contributed by atoms with E-state index in [0.29, 0.717) is 17.2 Å². The number of aromatic nitrogens is 1. The molecule has 0 aliphatic heterocycles. The highest BCUT2D eigenvalue weighted by atomic mass is 32.2. The smallest absolute Gasteiger partial charge is 0.295 e. The predicted octanol–water partition coefficient (Wildman–Crippen LogP) is 3.35. The van der Waals surface area contributed by atoms with Crippen molar-refractivity contribution in [3.63, 3.8) is 0 Å². The van der Waals surface area contributed by atoms with Crippen LogP contribution in [0.25, 0.3) is 11.5 Å². The molecule has 0 saturated heterocycles. The quantitative estimate of drug-likeness (QED) is 0.797. The van der Waals surface area contributed by atoms with Gasteiger partial charge in [-0.1, -0.05) is 23.4 Å². The maximum Gasteiger partial charge on any atom is 0.295 e. The predicted molar refractivity (Wildman–Crippen MR) is 80.9 cm³/mol. The van der Waals surface area contributed by atoms with E-state index in [1.807, 2.05) is 6.92 Å². The van der Waals surface area contributed by atoms with Crippen molar-refractivity contribution in [2.45, 2.75) is 18.9 Å². The van der Waals surface area contributed by atoms with Crippen molar-refractivity contribution in [3.8, 4) is 11.5 Å². The summed E-state index contributed by atoms with van der Waals surface area (Å²) in [5, 5.41) is 3.65. The largest absolute Gasteiger partial charge is 0.439 e. The normalized spacial score (nSPS) is 11.5. The maximum atomic E-state index is 12.3. The molecule has 0 radical (unpaired) electrons. The van der Waals surface area contributed by atoms with Crippen molar-refractivity contribution >= 4 is 15.7 Å². The van der Waals surface area contributed by atoms with Crippen LogP contribution >= 0.6 is 0 Å². The molecule has 6 nitrogen and oxygen atoms in total. The van der Waals surface area contributed by atoms with E-state index in [-0.39, 0.29) is 5.09 Å². The average Bonchev–Trinajstić information content (AvgIpc) is 3.09. The van der Waals surface area contributed by atoms with E-state index in [1.54, 1.807) is 43.3 Å². The minimum Gasteiger partial charge on any atom is -0.439 e. The third kappa shape index (κ3) is 2.62. The first-order chi connectivity index (χ1) is 10.5. The fourth-order valence-corrected chi connectivity index (χ4v) is 2.94. The molecule has 2 aromatic heterocycles. The molecule has 0 aliphatic rings. The standard InChI is InChI=1S/C15H14N2O4S/c1-10-11(2)16-21-15(10)13-8-9-14(20-13)22(18,19)17-12-6-4-3-5-7-12/h3-9,17H,1-2H3. The zero-order chi connectivity index (χ0) is 15.7. The SMILES string of the molecule is Cc1noc(-c2ccc(S(=O)(=O)Nc3ccccc3)o2)c1C. The highest BCUT2D eigenvalue weighted by Gasteiger charge is 2.22. The Kier molecular flexibility index (Phi) is 3.50. The summed E-state index contributed by atoms with van der Waals surface area (Å²) in [4.78, 5) is 0. The van der Waals surface area contributed by atoms with Crippen LogP contribution in [0.4, 0.5) is 5.69 Å². The Hall–Kier alpha value is -2.54. The number of hydrogen-bond donors (Lipinski definition) is 1. The van der Waals surface area contributed by atoms with Crippen LogP contribution in [0.2, 0.25) is 0 Å². The van der Waals surface area contributed by atoms with E-state index in [1.165, 1.54) is 6.07 Å². The first-order valence-corrected chi connectivity index (χ1v) is 8.06. The molecule has 3 rings (SSSR count). The van der Waals surface area contributed by atoms with E-state index < -0.39 is 10.0 Å². The minimum atomic E-state index is -3.79. The lowest BCUT2D eigenvalue weighted by Gasteiger charge is -2.04. The van der Waals surface area contributed by atoms with Crippen LogP contribution in [0.3, 0.4) is 0 Å². The molecule has 0 unspecified atom stereocenters. The molecule has 0 amide bonds. The van der Waals surface area contributed by atoms with Crippen molar-refractivity contribution in [2.24, 2.45) is 0 Å². The Bertz CT molecular complexity index is 895. The van der Waals surface area contributed by atoms with Gasteiger partial charge in [0.05, 0.1) is 5.69 Å². The van der Waals surface area contributed by atoms with Crippen LogP contribution in [0.5, 0.6) is 0 Å². The zero-order valence-electron chi connectivity index (χ0n) is 12.0. The molecule has 7 heteroatoms. The Morgan fingerprint density at radius 1 is 1.05 bits per heavy atom. The zero-order valence-corrected chi connectivity index (χ0v) is 12.8. The number of anilines is 1. The number of para-hydroxylation sites is 1. The summed E-state index contributed by atoms with van der Waals surface area (Å²) < 4.78 is 37.6. The lowest BCUT2D eigenvalue weighted by Crippen LogP contribution is -2.11. The van der Waals surface area contributed by atoms with Gasteiger partial charge in [-0.3, -0.25) is 4.72 Å². The fourth-order valence-electron chi connectivity index (χ4n) is 1.94. The van der Waals surface area contributed by atoms with Gasteiger partial charge in [0.15, 0.2) is 5.76 Å². The van der Waals surface area contributed by atoms with Gasteiger partial charge < -0.3 is 8.94 Å². The number of sulfonamides is 1. The second kappa shape index (κ2) is 5.34. The molecule has 0 atom stereocenters. The molecule has 1 N–H and O–H groups in total. The number of benzene rings is 1. The Morgan fingerprint density at radius 3 is 2.41 bits per heavy atom. The van der Waals surface area contributed by atoms with Crippen LogP contribution in [0.1, 0.15) is 11.3 Å². The molecular formula is C15H14N2O4S. The molecule has 0 fully saturated rings. The first kappa shape index (κ1) is 14.4. The third-order valence-electron chi connectivity index (χ3n) is 3.25. The van der Waals surface area contributed by atoms with Crippen molar-refractivity contribution in [1.29, 1.82) is 0 Å². The fraction of sp³-hybridized carbons (Fsp3) is 0.133. The lowest BCUT2D eigenvalue weighted by molar-refractivity contribution is 0.398. The van der Waals surface area contributed by atoms with E-state index in [2.05, 4.69) is 9.88 Å². The van der Waals surface area contributed by atoms with Gasteiger partial charge in [-0.25, -0.2) is 0 Å². The van der Waals surface area contributed by atoms with Gasteiger partial charge in [-0.05, 0) is 38.1 Å². The van der Waals surface area contributed by atoms with Gasteiger partial charge >= 0.3 is 0 Å². The molecule has 2 heterocycles. The van der Waals surface area contributed by atoms with E-state index in [0.717, 1.165) is 11.3 Å². The molecule has 22 heavy (non-hydrogen) atoms. The van der Waals surface area contributed by atoms with Crippen molar-refractivity contribution < 1.29 is 17.4 Å². The van der Waals surface area contributed by atoms with Crippen LogP contribution in [0, 0.1) is 13.8 Å². The number of nitrogens with one attached hydrogen (secondary N) is 1. The summed E-state index contributed by atoms with van der Waals surface area (Å²) >= 11 is 0. The maximum absolute atomic E-state index is 12.3. The van der Waals surface area contributed by atoms with Gasteiger partial charge in [0.2, 0.25) is 10.9 Å². The summed E-state index contributed by atoms with van der Waals surface area (Å²) in [7, 11) is -3.79. The Labute approximate surface area is 127 Å². The van der Waals surface area contributed by atoms with Gasteiger partial charge in [0.1, 0.15) is 0 Å². The number of aryl methyl sites for hydroxylation is 1. The molecule has 0 spiro atoms. The lowest BCUT2D eigenvalue weighted by atomic mass is 10.2. The monoisotopic (exact) mass is 318 g/mol. The summed E-state index contributed by atoms with van der Waals surface area (Å²) in [5.74, 6) is 0.755. The van der Waals surface area contributed by atoms with Gasteiger partial charge in [-0.2, -0.15) is 8.42 Å². The van der Waals surface area contributed by atoms with Gasteiger partial charge in [0.25, 0.3) is 10.0 Å². The molecule has 0 aliphatic carbocycles. The van der Waals surface area contributed by atoms with E-state index in [4.69, 9.17) is 8.94 Å². The highest BCUT2D eigenvalue weighted by Crippen LogP contribution is 2.29. The van der Waals surface area contributed by atoms with Gasteiger partial charge in [0, 0.05) is 11.3 Å². The molecular weight excluding hydrogens is 304 g/mol. The first-order valence-electron chi connectivity index (χ1n) is 6.58. The molecule has 0 saturated carbocycles. The Balaban J connectivity index is 1.91. The summed E-state index contributed by atoms with van der Waals surface area (Å²) in [6.07, 6.45) is 0. The van der Waals surface area contributed by atoms with Gasteiger partial charge in [-0.15, -0.1) is 0 Å².